The highest BCUT2D eigenvalue weighted by molar-refractivity contribution is 5.51. The van der Waals surface area contributed by atoms with Gasteiger partial charge in [0.2, 0.25) is 11.8 Å². The van der Waals surface area contributed by atoms with Gasteiger partial charge in [-0.15, -0.1) is 0 Å². The lowest BCUT2D eigenvalue weighted by molar-refractivity contribution is -0.0528. The molecular formula is C15H20F2N6O2. The number of anilines is 2. The Morgan fingerprint density at radius 1 is 1.36 bits per heavy atom. The summed E-state index contributed by atoms with van der Waals surface area (Å²) in [7, 11) is 2.10. The van der Waals surface area contributed by atoms with Crippen LogP contribution in [0.3, 0.4) is 0 Å². The molecule has 2 aromatic rings. The first-order valence-corrected chi connectivity index (χ1v) is 7.96. The summed E-state index contributed by atoms with van der Waals surface area (Å²) in [5.41, 5.74) is 0. The maximum Gasteiger partial charge on any atom is 0.388 e. The fourth-order valence-corrected chi connectivity index (χ4v) is 2.64. The minimum Gasteiger partial charge on any atom is -0.473 e. The number of ether oxygens (including phenoxy) is 2. The van der Waals surface area contributed by atoms with Crippen molar-refractivity contribution in [1.29, 1.82) is 0 Å². The zero-order valence-corrected chi connectivity index (χ0v) is 13.9. The molecule has 0 radical (unpaired) electrons. The fourth-order valence-electron chi connectivity index (χ4n) is 2.64. The Hall–Kier alpha value is -2.49. The number of rotatable bonds is 6. The maximum atomic E-state index is 12.2. The van der Waals surface area contributed by atoms with Crippen molar-refractivity contribution in [3.63, 3.8) is 0 Å². The molecule has 2 N–H and O–H groups in total. The molecule has 1 aliphatic heterocycles. The van der Waals surface area contributed by atoms with E-state index in [2.05, 4.69) is 49.1 Å². The number of nitrogens with one attached hydrogen (secondary N) is 2. The molecule has 0 bridgehead atoms. The molecule has 2 aromatic heterocycles. The summed E-state index contributed by atoms with van der Waals surface area (Å²) in [6.45, 7) is 0.217. The number of piperidine rings is 1. The Bertz CT molecular complexity index is 698. The fraction of sp³-hybridized carbons (Fsp3) is 0.533. The van der Waals surface area contributed by atoms with Gasteiger partial charge >= 0.3 is 6.61 Å². The first kappa shape index (κ1) is 17.3. The number of halogens is 2. The van der Waals surface area contributed by atoms with E-state index in [1.165, 1.54) is 12.3 Å². The molecule has 0 spiro atoms. The van der Waals surface area contributed by atoms with Crippen molar-refractivity contribution in [2.75, 3.05) is 18.9 Å². The second-order valence-electron chi connectivity index (χ2n) is 5.96. The third-order valence-corrected chi connectivity index (χ3v) is 4.09. The van der Waals surface area contributed by atoms with E-state index in [1.54, 1.807) is 6.20 Å². The molecule has 1 fully saturated rings. The first-order chi connectivity index (χ1) is 12.0. The normalized spacial score (nSPS) is 21.3. The molecule has 2 atom stereocenters. The number of aromatic nitrogens is 4. The van der Waals surface area contributed by atoms with Crippen LogP contribution in [0, 0.1) is 0 Å². The van der Waals surface area contributed by atoms with Crippen LogP contribution in [0.15, 0.2) is 18.5 Å². The highest BCUT2D eigenvalue weighted by atomic mass is 19.3. The Morgan fingerprint density at radius 3 is 2.96 bits per heavy atom. The molecule has 0 amide bonds. The van der Waals surface area contributed by atoms with Gasteiger partial charge in [-0.2, -0.15) is 18.9 Å². The number of aromatic amines is 1. The average molecular weight is 354 g/mol. The summed E-state index contributed by atoms with van der Waals surface area (Å²) in [5.74, 6) is 0.952. The molecule has 25 heavy (non-hydrogen) atoms. The van der Waals surface area contributed by atoms with E-state index < -0.39 is 6.61 Å². The number of likely N-dealkylation sites (tertiary alicyclic amines) is 1. The number of H-pyrrole nitrogens is 1. The zero-order chi connectivity index (χ0) is 17.8. The summed E-state index contributed by atoms with van der Waals surface area (Å²) in [6, 6.07) is 1.75. The van der Waals surface area contributed by atoms with Gasteiger partial charge in [0.25, 0.3) is 0 Å². The van der Waals surface area contributed by atoms with Crippen LogP contribution in [0.4, 0.5) is 20.4 Å². The van der Waals surface area contributed by atoms with Gasteiger partial charge in [0.05, 0.1) is 12.4 Å². The number of hydrogen-bond acceptors (Lipinski definition) is 7. The van der Waals surface area contributed by atoms with Gasteiger partial charge in [-0.05, 0) is 26.8 Å². The summed E-state index contributed by atoms with van der Waals surface area (Å²) >= 11 is 0. The molecule has 0 saturated carbocycles. The maximum absolute atomic E-state index is 12.2. The number of alkyl halides is 2. The van der Waals surface area contributed by atoms with Crippen molar-refractivity contribution in [2.45, 2.75) is 38.5 Å². The van der Waals surface area contributed by atoms with Crippen molar-refractivity contribution in [3.8, 4) is 11.8 Å². The lowest BCUT2D eigenvalue weighted by Crippen LogP contribution is -2.42. The Labute approximate surface area is 143 Å². The molecule has 10 heteroatoms. The summed E-state index contributed by atoms with van der Waals surface area (Å²) in [6.07, 6.45) is 4.97. The van der Waals surface area contributed by atoms with Crippen molar-refractivity contribution >= 4 is 11.6 Å². The standard InChI is InChI=1S/C15H20F2N6O2/c1-9-5-10(3-4-23(9)2)24-14-8-18-7-12(20-14)19-11-6-13(22-21-11)25-15(16)17/h6-10,15H,3-5H2,1-2H3,(H2,19,20,21,22)/t9-,10-/m0/s1. The van der Waals surface area contributed by atoms with E-state index in [9.17, 15) is 8.78 Å². The second kappa shape index (κ2) is 7.60. The van der Waals surface area contributed by atoms with E-state index in [1.807, 2.05) is 0 Å². The quantitative estimate of drug-likeness (QED) is 0.823. The molecule has 1 aliphatic rings. The molecule has 0 unspecified atom stereocenters. The largest absolute Gasteiger partial charge is 0.473 e. The molecular weight excluding hydrogens is 334 g/mol. The van der Waals surface area contributed by atoms with Crippen molar-refractivity contribution in [3.05, 3.63) is 18.5 Å². The highest BCUT2D eigenvalue weighted by Crippen LogP contribution is 2.22. The van der Waals surface area contributed by atoms with Crippen molar-refractivity contribution in [1.82, 2.24) is 25.1 Å². The predicted molar refractivity (Wildman–Crippen MR) is 86.3 cm³/mol. The molecule has 0 aromatic carbocycles. The van der Waals surface area contributed by atoms with E-state index in [4.69, 9.17) is 4.74 Å². The predicted octanol–water partition coefficient (Wildman–Crippen LogP) is 2.41. The Morgan fingerprint density at radius 2 is 2.20 bits per heavy atom. The van der Waals surface area contributed by atoms with Crippen molar-refractivity contribution < 1.29 is 18.3 Å². The minimum absolute atomic E-state index is 0.0900. The zero-order valence-electron chi connectivity index (χ0n) is 13.9. The third-order valence-electron chi connectivity index (χ3n) is 4.09. The number of hydrogen-bond donors (Lipinski definition) is 2. The molecule has 3 rings (SSSR count). The van der Waals surface area contributed by atoms with Gasteiger partial charge in [0, 0.05) is 18.7 Å². The van der Waals surface area contributed by atoms with Crippen LogP contribution in [-0.2, 0) is 0 Å². The average Bonchev–Trinajstić information content (AvgIpc) is 2.97. The van der Waals surface area contributed by atoms with Crippen LogP contribution in [0.5, 0.6) is 11.8 Å². The summed E-state index contributed by atoms with van der Waals surface area (Å²) < 4.78 is 34.4. The van der Waals surface area contributed by atoms with Gasteiger partial charge in [-0.1, -0.05) is 0 Å². The van der Waals surface area contributed by atoms with Gasteiger partial charge in [0.1, 0.15) is 6.10 Å². The second-order valence-corrected chi connectivity index (χ2v) is 5.96. The summed E-state index contributed by atoms with van der Waals surface area (Å²) in [5, 5.41) is 9.03. The van der Waals surface area contributed by atoms with Crippen LogP contribution in [0.2, 0.25) is 0 Å². The van der Waals surface area contributed by atoms with Gasteiger partial charge in [0.15, 0.2) is 11.6 Å². The Kier molecular flexibility index (Phi) is 5.27. The van der Waals surface area contributed by atoms with Gasteiger partial charge < -0.3 is 19.7 Å². The first-order valence-electron chi connectivity index (χ1n) is 7.96. The highest BCUT2D eigenvalue weighted by Gasteiger charge is 2.24. The van der Waals surface area contributed by atoms with E-state index in [-0.39, 0.29) is 17.8 Å². The SMILES string of the molecule is C[C@H]1C[C@@H](Oc2cncc(Nc3cc(OC(F)F)[nH]n3)n2)CCN1C. The molecule has 1 saturated heterocycles. The van der Waals surface area contributed by atoms with E-state index in [0.29, 0.717) is 17.7 Å². The monoisotopic (exact) mass is 354 g/mol. The third kappa shape index (κ3) is 4.75. The smallest absolute Gasteiger partial charge is 0.388 e. The van der Waals surface area contributed by atoms with E-state index in [0.717, 1.165) is 19.4 Å². The number of nitrogens with zero attached hydrogens (tertiary/aromatic N) is 4. The molecule has 8 nitrogen and oxygen atoms in total. The minimum atomic E-state index is -2.92. The van der Waals surface area contributed by atoms with Gasteiger partial charge in [-0.3, -0.25) is 4.98 Å². The van der Waals surface area contributed by atoms with Crippen molar-refractivity contribution in [2.24, 2.45) is 0 Å². The lowest BCUT2D eigenvalue weighted by Gasteiger charge is -2.34. The van der Waals surface area contributed by atoms with Crippen LogP contribution in [-0.4, -0.2) is 57.4 Å². The van der Waals surface area contributed by atoms with Crippen LogP contribution >= 0.6 is 0 Å². The van der Waals surface area contributed by atoms with Gasteiger partial charge in [-0.25, -0.2) is 5.10 Å². The van der Waals surface area contributed by atoms with Crippen LogP contribution < -0.4 is 14.8 Å². The topological polar surface area (TPSA) is 88.2 Å². The summed E-state index contributed by atoms with van der Waals surface area (Å²) in [4.78, 5) is 10.7. The van der Waals surface area contributed by atoms with Crippen LogP contribution in [0.1, 0.15) is 19.8 Å². The molecule has 0 aliphatic carbocycles. The van der Waals surface area contributed by atoms with Crippen LogP contribution in [0.25, 0.3) is 0 Å². The Balaban J connectivity index is 1.60. The van der Waals surface area contributed by atoms with E-state index >= 15 is 0 Å². The lowest BCUT2D eigenvalue weighted by atomic mass is 10.0. The molecule has 136 valence electrons. The molecule has 3 heterocycles.